The van der Waals surface area contributed by atoms with Crippen molar-refractivity contribution in [2.45, 2.75) is 13.0 Å². The van der Waals surface area contributed by atoms with Crippen LogP contribution in [0, 0.1) is 0 Å². The van der Waals surface area contributed by atoms with Gasteiger partial charge in [-0.25, -0.2) is 8.42 Å². The lowest BCUT2D eigenvalue weighted by molar-refractivity contribution is 0.0908. The zero-order chi connectivity index (χ0) is 13.3. The van der Waals surface area contributed by atoms with Gasteiger partial charge in [0.15, 0.2) is 15.6 Å². The number of rotatable bonds is 3. The molecule has 1 fully saturated rings. The summed E-state index contributed by atoms with van der Waals surface area (Å²) >= 11 is 0. The molecule has 0 amide bonds. The lowest BCUT2D eigenvalue weighted by Crippen LogP contribution is -2.48. The Bertz CT molecular complexity index is 547. The van der Waals surface area contributed by atoms with Gasteiger partial charge in [0.25, 0.3) is 0 Å². The molecule has 0 radical (unpaired) electrons. The molecule has 0 bridgehead atoms. The van der Waals surface area contributed by atoms with Crippen molar-refractivity contribution >= 4 is 15.6 Å². The van der Waals surface area contributed by atoms with Gasteiger partial charge in [-0.2, -0.15) is 0 Å². The predicted molar refractivity (Wildman–Crippen MR) is 69.4 cm³/mol. The highest BCUT2D eigenvalue weighted by Crippen LogP contribution is 2.12. The third kappa shape index (κ3) is 3.00. The molecule has 18 heavy (non-hydrogen) atoms. The Morgan fingerprint density at radius 2 is 2.22 bits per heavy atom. The normalized spacial score (nSPS) is 24.0. The van der Waals surface area contributed by atoms with Crippen molar-refractivity contribution in [1.29, 1.82) is 0 Å². The number of carbonyl (C=O) groups excluding carboxylic acids is 1. The first-order valence-electron chi connectivity index (χ1n) is 5.97. The Morgan fingerprint density at radius 1 is 1.50 bits per heavy atom. The number of Topliss-reactive ketones (excluding diaryl/α,β-unsaturated/α-hetero) is 1. The summed E-state index contributed by atoms with van der Waals surface area (Å²) in [6.45, 7) is 2.59. The van der Waals surface area contributed by atoms with Crippen LogP contribution in [0.2, 0.25) is 0 Å². The van der Waals surface area contributed by atoms with Crippen molar-refractivity contribution in [2.24, 2.45) is 7.05 Å². The first-order valence-corrected chi connectivity index (χ1v) is 7.79. The van der Waals surface area contributed by atoms with E-state index in [0.29, 0.717) is 18.7 Å². The number of hydrogen-bond donors (Lipinski definition) is 0. The van der Waals surface area contributed by atoms with Crippen LogP contribution in [-0.4, -0.2) is 54.3 Å². The second-order valence-corrected chi connectivity index (χ2v) is 7.15. The Hall–Kier alpha value is -1.14. The molecule has 1 aromatic heterocycles. The maximum absolute atomic E-state index is 12.0. The second kappa shape index (κ2) is 4.85. The van der Waals surface area contributed by atoms with Crippen molar-refractivity contribution in [3.63, 3.8) is 0 Å². The van der Waals surface area contributed by atoms with Crippen LogP contribution in [0.5, 0.6) is 0 Å². The van der Waals surface area contributed by atoms with Crippen LogP contribution in [0.1, 0.15) is 17.3 Å². The van der Waals surface area contributed by atoms with Crippen molar-refractivity contribution in [1.82, 2.24) is 9.47 Å². The molecule has 1 saturated heterocycles. The summed E-state index contributed by atoms with van der Waals surface area (Å²) in [5.41, 5.74) is 0.679. The summed E-state index contributed by atoms with van der Waals surface area (Å²) in [5, 5.41) is 0. The largest absolute Gasteiger partial charge is 0.357 e. The van der Waals surface area contributed by atoms with Crippen LogP contribution < -0.4 is 0 Å². The lowest BCUT2D eigenvalue weighted by Gasteiger charge is -2.32. The van der Waals surface area contributed by atoms with E-state index in [1.807, 2.05) is 29.6 Å². The van der Waals surface area contributed by atoms with Gasteiger partial charge in [-0.3, -0.25) is 9.69 Å². The molecule has 0 saturated carbocycles. The van der Waals surface area contributed by atoms with Crippen LogP contribution >= 0.6 is 0 Å². The second-order valence-electron chi connectivity index (χ2n) is 4.92. The van der Waals surface area contributed by atoms with Gasteiger partial charge >= 0.3 is 0 Å². The van der Waals surface area contributed by atoms with Gasteiger partial charge in [0.1, 0.15) is 0 Å². The number of nitrogens with zero attached hydrogens (tertiary/aromatic N) is 2. The molecule has 1 aromatic rings. The number of ketones is 1. The molecule has 0 aromatic carbocycles. The van der Waals surface area contributed by atoms with Crippen molar-refractivity contribution in [3.05, 3.63) is 24.0 Å². The van der Waals surface area contributed by atoms with Gasteiger partial charge in [-0.05, 0) is 13.0 Å². The first-order chi connectivity index (χ1) is 8.37. The van der Waals surface area contributed by atoms with Crippen LogP contribution in [0.15, 0.2) is 18.5 Å². The molecule has 1 unspecified atom stereocenters. The summed E-state index contributed by atoms with van der Waals surface area (Å²) in [7, 11) is -1.05. The van der Waals surface area contributed by atoms with E-state index in [-0.39, 0.29) is 23.3 Å². The van der Waals surface area contributed by atoms with Crippen molar-refractivity contribution in [3.8, 4) is 0 Å². The number of carbonyl (C=O) groups is 1. The van der Waals surface area contributed by atoms with E-state index in [1.54, 1.807) is 12.3 Å². The quantitative estimate of drug-likeness (QED) is 0.743. The highest BCUT2D eigenvalue weighted by molar-refractivity contribution is 7.91. The number of aryl methyl sites for hydroxylation is 1. The van der Waals surface area contributed by atoms with Gasteiger partial charge in [0, 0.05) is 37.6 Å². The minimum Gasteiger partial charge on any atom is -0.357 e. The monoisotopic (exact) mass is 270 g/mol. The zero-order valence-corrected chi connectivity index (χ0v) is 11.5. The third-order valence-corrected chi connectivity index (χ3v) is 5.10. The fraction of sp³-hybridized carbons (Fsp3) is 0.583. The number of sulfone groups is 1. The summed E-state index contributed by atoms with van der Waals surface area (Å²) in [6, 6.07) is 1.70. The predicted octanol–water partition coefficient (Wildman–Crippen LogP) is 0.327. The molecule has 0 aliphatic carbocycles. The topological polar surface area (TPSA) is 59.4 Å². The standard InChI is InChI=1S/C12H18N2O3S/c1-10-9-18(16,17)6-5-14(10)8-12(15)11-3-4-13(2)7-11/h3-4,7,10H,5-6,8-9H2,1-2H3. The maximum atomic E-state index is 12.0. The van der Waals surface area contributed by atoms with Gasteiger partial charge < -0.3 is 4.57 Å². The molecule has 2 heterocycles. The van der Waals surface area contributed by atoms with Crippen LogP contribution in [0.25, 0.3) is 0 Å². The van der Waals surface area contributed by atoms with E-state index in [4.69, 9.17) is 0 Å². The van der Waals surface area contributed by atoms with Crippen LogP contribution in [0.3, 0.4) is 0 Å². The van der Waals surface area contributed by atoms with Gasteiger partial charge in [-0.1, -0.05) is 0 Å². The fourth-order valence-corrected chi connectivity index (χ4v) is 3.84. The van der Waals surface area contributed by atoms with E-state index in [0.717, 1.165) is 0 Å². The van der Waals surface area contributed by atoms with Gasteiger partial charge in [0.2, 0.25) is 0 Å². The van der Waals surface area contributed by atoms with Crippen LogP contribution in [-0.2, 0) is 16.9 Å². The van der Waals surface area contributed by atoms with E-state index in [9.17, 15) is 13.2 Å². The molecular formula is C12H18N2O3S. The Labute approximate surface area is 107 Å². The average Bonchev–Trinajstić information content (AvgIpc) is 2.68. The molecule has 1 atom stereocenters. The molecule has 1 aliphatic rings. The molecule has 0 spiro atoms. The summed E-state index contributed by atoms with van der Waals surface area (Å²) in [4.78, 5) is 14.0. The first kappa shape index (κ1) is 13.3. The fourth-order valence-electron chi connectivity index (χ4n) is 2.21. The SMILES string of the molecule is CC1CS(=O)(=O)CCN1CC(=O)c1ccn(C)c1. The number of aromatic nitrogens is 1. The molecule has 1 aliphatic heterocycles. The Kier molecular flexibility index (Phi) is 3.59. The highest BCUT2D eigenvalue weighted by atomic mass is 32.2. The lowest BCUT2D eigenvalue weighted by atomic mass is 10.2. The number of hydrogen-bond acceptors (Lipinski definition) is 4. The molecule has 5 nitrogen and oxygen atoms in total. The van der Waals surface area contributed by atoms with Crippen molar-refractivity contribution in [2.75, 3.05) is 24.6 Å². The minimum atomic E-state index is -2.92. The maximum Gasteiger partial charge on any atom is 0.178 e. The van der Waals surface area contributed by atoms with E-state index < -0.39 is 9.84 Å². The summed E-state index contributed by atoms with van der Waals surface area (Å²) in [6.07, 6.45) is 3.62. The zero-order valence-electron chi connectivity index (χ0n) is 10.7. The highest BCUT2D eigenvalue weighted by Gasteiger charge is 2.29. The van der Waals surface area contributed by atoms with E-state index in [1.165, 1.54) is 0 Å². The molecule has 6 heteroatoms. The summed E-state index contributed by atoms with van der Waals surface area (Å²) in [5.74, 6) is 0.343. The van der Waals surface area contributed by atoms with Crippen molar-refractivity contribution < 1.29 is 13.2 Å². The van der Waals surface area contributed by atoms with Gasteiger partial charge in [-0.15, -0.1) is 0 Å². The molecule has 100 valence electrons. The average molecular weight is 270 g/mol. The van der Waals surface area contributed by atoms with Crippen LogP contribution in [0.4, 0.5) is 0 Å². The Morgan fingerprint density at radius 3 is 2.78 bits per heavy atom. The molecule has 2 rings (SSSR count). The molecular weight excluding hydrogens is 252 g/mol. The molecule has 0 N–H and O–H groups in total. The van der Waals surface area contributed by atoms with E-state index >= 15 is 0 Å². The smallest absolute Gasteiger partial charge is 0.178 e. The third-order valence-electron chi connectivity index (χ3n) is 3.31. The van der Waals surface area contributed by atoms with Gasteiger partial charge in [0.05, 0.1) is 18.1 Å². The Balaban J connectivity index is 2.00. The van der Waals surface area contributed by atoms with E-state index in [2.05, 4.69) is 0 Å². The summed E-state index contributed by atoms with van der Waals surface area (Å²) < 4.78 is 24.7. The minimum absolute atomic E-state index is 0.0433.